The van der Waals surface area contributed by atoms with Gasteiger partial charge < -0.3 is 14.2 Å². The molecule has 2 aromatic carbocycles. The van der Waals surface area contributed by atoms with Crippen LogP contribution in [0, 0.1) is 6.92 Å². The zero-order chi connectivity index (χ0) is 22.9. The van der Waals surface area contributed by atoms with Crippen LogP contribution in [-0.2, 0) is 4.79 Å². The van der Waals surface area contributed by atoms with Crippen molar-refractivity contribution in [1.29, 1.82) is 0 Å². The number of piperidine rings is 2. The summed E-state index contributed by atoms with van der Waals surface area (Å²) in [5, 5.41) is 0.722. The van der Waals surface area contributed by atoms with Crippen molar-refractivity contribution < 1.29 is 9.53 Å². The summed E-state index contributed by atoms with van der Waals surface area (Å²) in [4.78, 5) is 20.1. The Bertz CT molecular complexity index is 1200. The first-order valence-electron chi connectivity index (χ1n) is 11.5. The van der Waals surface area contributed by atoms with E-state index < -0.39 is 0 Å². The highest BCUT2D eigenvalue weighted by Gasteiger charge is 2.39. The quantitative estimate of drug-likeness (QED) is 0.438. The number of benzene rings is 2. The Morgan fingerprint density at radius 1 is 1.12 bits per heavy atom. The summed E-state index contributed by atoms with van der Waals surface area (Å²) in [5.74, 6) is 0.902. The molecule has 0 radical (unpaired) electrons. The fraction of sp³-hybridized carbons (Fsp3) is 0.333. The Labute approximate surface area is 199 Å². The monoisotopic (exact) mass is 461 g/mol. The molecule has 0 N–H and O–H groups in total. The van der Waals surface area contributed by atoms with Gasteiger partial charge in [-0.05, 0) is 80.5 Å². The third kappa shape index (κ3) is 4.30. The minimum absolute atomic E-state index is 0.110. The highest BCUT2D eigenvalue weighted by Crippen LogP contribution is 2.41. The van der Waals surface area contributed by atoms with Gasteiger partial charge in [-0.1, -0.05) is 29.8 Å². The smallest absolute Gasteiger partial charge is 0.250 e. The summed E-state index contributed by atoms with van der Waals surface area (Å²) in [6.45, 7) is 1.96. The van der Waals surface area contributed by atoms with Crippen LogP contribution in [0.4, 0.5) is 0 Å². The number of amides is 1. The van der Waals surface area contributed by atoms with Crippen LogP contribution in [0.15, 0.2) is 60.6 Å². The van der Waals surface area contributed by atoms with Crippen LogP contribution in [0.5, 0.6) is 5.75 Å². The van der Waals surface area contributed by atoms with E-state index in [1.54, 1.807) is 13.4 Å². The summed E-state index contributed by atoms with van der Waals surface area (Å²) in [5.41, 5.74) is 4.87. The van der Waals surface area contributed by atoms with Gasteiger partial charge in [-0.25, -0.2) is 4.98 Å². The summed E-state index contributed by atoms with van der Waals surface area (Å²) < 4.78 is 7.60. The zero-order valence-corrected chi connectivity index (χ0v) is 19.8. The number of hydrogen-bond acceptors (Lipinski definition) is 3. The molecule has 3 heterocycles. The molecule has 5 rings (SSSR count). The van der Waals surface area contributed by atoms with E-state index in [1.165, 1.54) is 5.56 Å². The lowest BCUT2D eigenvalue weighted by molar-refractivity contribution is -0.136. The summed E-state index contributed by atoms with van der Waals surface area (Å²) in [6.07, 6.45) is 10.8. The molecule has 0 saturated carbocycles. The molecule has 2 aliphatic rings. The third-order valence-electron chi connectivity index (χ3n) is 6.79. The normalized spacial score (nSPS) is 21.8. The molecule has 3 aromatic rings. The first kappa shape index (κ1) is 21.8. The molecule has 33 heavy (non-hydrogen) atoms. The van der Waals surface area contributed by atoms with E-state index >= 15 is 0 Å². The summed E-state index contributed by atoms with van der Waals surface area (Å²) >= 11 is 6.10. The molecule has 1 aromatic heterocycles. The van der Waals surface area contributed by atoms with Gasteiger partial charge in [0.25, 0.3) is 5.91 Å². The fourth-order valence-corrected chi connectivity index (χ4v) is 5.29. The van der Waals surface area contributed by atoms with Gasteiger partial charge in [0, 0.05) is 22.8 Å². The van der Waals surface area contributed by atoms with Gasteiger partial charge in [0.2, 0.25) is 0 Å². The van der Waals surface area contributed by atoms with Crippen LogP contribution in [0.2, 0.25) is 5.02 Å². The molecule has 0 spiro atoms. The minimum Gasteiger partial charge on any atom is -0.495 e. The van der Waals surface area contributed by atoms with Gasteiger partial charge in [-0.3, -0.25) is 4.79 Å². The number of ether oxygens (including phenoxy) is 1. The highest BCUT2D eigenvalue weighted by atomic mass is 35.5. The molecule has 6 heteroatoms. The Kier molecular flexibility index (Phi) is 5.98. The molecule has 2 aliphatic heterocycles. The molecular weight excluding hydrogens is 434 g/mol. The average molecular weight is 462 g/mol. The molecule has 2 fully saturated rings. The number of hydrogen-bond donors (Lipinski definition) is 0. The lowest BCUT2D eigenvalue weighted by Gasteiger charge is -2.46. The van der Waals surface area contributed by atoms with Crippen LogP contribution in [0.25, 0.3) is 11.8 Å². The van der Waals surface area contributed by atoms with Crippen LogP contribution in [0.1, 0.15) is 55.0 Å². The molecule has 5 nitrogen and oxygen atoms in total. The Balaban J connectivity index is 1.44. The number of imidazole rings is 1. The molecule has 0 bridgehead atoms. The van der Waals surface area contributed by atoms with Gasteiger partial charge in [0.05, 0.1) is 30.9 Å². The summed E-state index contributed by atoms with van der Waals surface area (Å²) in [6, 6.07) is 14.4. The van der Waals surface area contributed by atoms with Crippen LogP contribution in [-0.4, -0.2) is 33.5 Å². The number of rotatable bonds is 4. The van der Waals surface area contributed by atoms with Crippen molar-refractivity contribution in [3.8, 4) is 11.4 Å². The SMILES string of the molecule is COc1cc(C=C2CC[C@H]3CCCC(c4ccc(Cl)cc4)N3C2=O)ccc1-n1cnc(C)c1. The average Bonchev–Trinajstić information content (AvgIpc) is 3.27. The maximum absolute atomic E-state index is 13.6. The number of fused-ring (bicyclic) bond motifs is 1. The van der Waals surface area contributed by atoms with E-state index in [0.29, 0.717) is 6.04 Å². The Hall–Kier alpha value is -3.05. The lowest BCUT2D eigenvalue weighted by atomic mass is 9.84. The number of carbonyl (C=O) groups excluding carboxylic acids is 1. The molecule has 1 amide bonds. The largest absolute Gasteiger partial charge is 0.495 e. The van der Waals surface area contributed by atoms with Crippen molar-refractivity contribution in [2.24, 2.45) is 0 Å². The van der Waals surface area contributed by atoms with Crippen molar-refractivity contribution >= 4 is 23.6 Å². The van der Waals surface area contributed by atoms with Crippen molar-refractivity contribution in [3.63, 3.8) is 0 Å². The lowest BCUT2D eigenvalue weighted by Crippen LogP contribution is -2.49. The number of halogens is 1. The summed E-state index contributed by atoms with van der Waals surface area (Å²) in [7, 11) is 1.67. The topological polar surface area (TPSA) is 47.4 Å². The standard InChI is InChI=1S/C27H28ClN3O2/c1-18-16-30(17-29-18)25-13-6-19(15-26(25)33-2)14-21-9-12-23-4-3-5-24(31(23)27(21)32)20-7-10-22(28)11-8-20/h6-8,10-11,13-17,23-24H,3-5,9,12H2,1-2H3/t23-,24?/m1/s1. The first-order chi connectivity index (χ1) is 16.0. The Morgan fingerprint density at radius 2 is 1.94 bits per heavy atom. The van der Waals surface area contributed by atoms with Gasteiger partial charge in [-0.15, -0.1) is 0 Å². The molecule has 2 saturated heterocycles. The van der Waals surface area contributed by atoms with Gasteiger partial charge in [0.1, 0.15) is 5.75 Å². The van der Waals surface area contributed by atoms with E-state index in [4.69, 9.17) is 16.3 Å². The van der Waals surface area contributed by atoms with Crippen LogP contribution in [0.3, 0.4) is 0 Å². The highest BCUT2D eigenvalue weighted by molar-refractivity contribution is 6.30. The first-order valence-corrected chi connectivity index (χ1v) is 11.9. The van der Waals surface area contributed by atoms with E-state index in [0.717, 1.165) is 65.4 Å². The predicted octanol–water partition coefficient (Wildman–Crippen LogP) is 6.14. The fourth-order valence-electron chi connectivity index (χ4n) is 5.16. The molecule has 0 aliphatic carbocycles. The van der Waals surface area contributed by atoms with Gasteiger partial charge in [0.15, 0.2) is 0 Å². The van der Waals surface area contributed by atoms with Crippen molar-refractivity contribution in [2.75, 3.05) is 7.11 Å². The van der Waals surface area contributed by atoms with E-state index in [1.807, 2.05) is 54.1 Å². The van der Waals surface area contributed by atoms with Crippen molar-refractivity contribution in [2.45, 2.75) is 51.1 Å². The maximum Gasteiger partial charge on any atom is 0.250 e. The molecule has 170 valence electrons. The Morgan fingerprint density at radius 3 is 2.67 bits per heavy atom. The van der Waals surface area contributed by atoms with Crippen molar-refractivity contribution in [1.82, 2.24) is 14.5 Å². The third-order valence-corrected chi connectivity index (χ3v) is 7.04. The van der Waals surface area contributed by atoms with E-state index in [-0.39, 0.29) is 11.9 Å². The number of nitrogens with zero attached hydrogens (tertiary/aromatic N) is 3. The number of aryl methyl sites for hydroxylation is 1. The second kappa shape index (κ2) is 9.06. The van der Waals surface area contributed by atoms with Crippen molar-refractivity contribution in [3.05, 3.63) is 82.4 Å². The number of methoxy groups -OCH3 is 1. The number of aromatic nitrogens is 2. The van der Waals surface area contributed by atoms with Crippen LogP contribution >= 0.6 is 11.6 Å². The molecule has 2 atom stereocenters. The zero-order valence-electron chi connectivity index (χ0n) is 19.0. The van der Waals surface area contributed by atoms with E-state index in [2.05, 4.69) is 22.0 Å². The van der Waals surface area contributed by atoms with E-state index in [9.17, 15) is 4.79 Å². The number of carbonyl (C=O) groups is 1. The minimum atomic E-state index is 0.110. The predicted molar refractivity (Wildman–Crippen MR) is 131 cm³/mol. The molecular formula is C27H28ClN3O2. The van der Waals surface area contributed by atoms with Gasteiger partial charge in [-0.2, -0.15) is 0 Å². The second-order valence-corrected chi connectivity index (χ2v) is 9.36. The second-order valence-electron chi connectivity index (χ2n) is 8.93. The molecule has 1 unspecified atom stereocenters. The van der Waals surface area contributed by atoms with Crippen LogP contribution < -0.4 is 4.74 Å². The maximum atomic E-state index is 13.6. The van der Waals surface area contributed by atoms with Gasteiger partial charge >= 0.3 is 0 Å².